The maximum Gasteiger partial charge on any atom is 0.328 e. The molecule has 0 fully saturated rings. The van der Waals surface area contributed by atoms with Crippen LogP contribution in [0.4, 0.5) is 5.69 Å². The maximum absolute atomic E-state index is 12.5. The van der Waals surface area contributed by atoms with E-state index in [1.807, 2.05) is 0 Å². The number of anilines is 1. The van der Waals surface area contributed by atoms with Gasteiger partial charge in [-0.05, 0) is 38.5 Å². The first-order valence-corrected chi connectivity index (χ1v) is 8.69. The smallest absolute Gasteiger partial charge is 0.328 e. The number of esters is 2. The first-order valence-electron chi connectivity index (χ1n) is 8.69. The molecular formula is C18H24N2O6. The number of rotatable bonds is 8. The summed E-state index contributed by atoms with van der Waals surface area (Å²) in [6, 6.07) is 4.08. The summed E-state index contributed by atoms with van der Waals surface area (Å²) in [6.45, 7) is 5.05. The summed E-state index contributed by atoms with van der Waals surface area (Å²) >= 11 is 0. The minimum absolute atomic E-state index is 0.00875. The maximum atomic E-state index is 12.5. The SMILES string of the molecule is CCOC(=O)CC[C@H](NC(=O)c1ccc2c(c1)OCCN2)C(=O)OCC. The second kappa shape index (κ2) is 9.65. The van der Waals surface area contributed by atoms with Gasteiger partial charge in [0.2, 0.25) is 0 Å². The average Bonchev–Trinajstić information content (AvgIpc) is 2.64. The van der Waals surface area contributed by atoms with Gasteiger partial charge >= 0.3 is 11.9 Å². The molecule has 8 heteroatoms. The molecule has 0 saturated carbocycles. The van der Waals surface area contributed by atoms with E-state index in [1.165, 1.54) is 0 Å². The molecule has 142 valence electrons. The van der Waals surface area contributed by atoms with Gasteiger partial charge in [-0.2, -0.15) is 0 Å². The lowest BCUT2D eigenvalue weighted by Crippen LogP contribution is -2.42. The monoisotopic (exact) mass is 364 g/mol. The number of carbonyl (C=O) groups is 3. The van der Waals surface area contributed by atoms with Crippen LogP contribution in [0.15, 0.2) is 18.2 Å². The zero-order chi connectivity index (χ0) is 18.9. The third-order valence-corrected chi connectivity index (χ3v) is 3.74. The quantitative estimate of drug-likeness (QED) is 0.674. The summed E-state index contributed by atoms with van der Waals surface area (Å²) in [6.07, 6.45) is 0.112. The van der Waals surface area contributed by atoms with Crippen LogP contribution in [0.2, 0.25) is 0 Å². The second-order valence-electron chi connectivity index (χ2n) is 5.61. The van der Waals surface area contributed by atoms with Crippen LogP contribution in [0, 0.1) is 0 Å². The molecule has 26 heavy (non-hydrogen) atoms. The van der Waals surface area contributed by atoms with Crippen molar-refractivity contribution >= 4 is 23.5 Å². The van der Waals surface area contributed by atoms with E-state index in [-0.39, 0.29) is 26.1 Å². The number of amides is 1. The molecule has 1 amide bonds. The summed E-state index contributed by atoms with van der Waals surface area (Å²) in [5.74, 6) is -0.864. The fourth-order valence-corrected chi connectivity index (χ4v) is 2.50. The van der Waals surface area contributed by atoms with E-state index in [4.69, 9.17) is 14.2 Å². The standard InChI is InChI=1S/C18H24N2O6/c1-3-24-16(21)8-7-14(18(23)25-4-2)20-17(22)12-5-6-13-15(11-12)26-10-9-19-13/h5-6,11,14,19H,3-4,7-10H2,1-2H3,(H,20,22)/t14-/m0/s1. The van der Waals surface area contributed by atoms with Crippen molar-refractivity contribution in [1.82, 2.24) is 5.32 Å². The largest absolute Gasteiger partial charge is 0.490 e. The Morgan fingerprint density at radius 3 is 2.73 bits per heavy atom. The Morgan fingerprint density at radius 2 is 2.00 bits per heavy atom. The molecule has 1 atom stereocenters. The topological polar surface area (TPSA) is 103 Å². The summed E-state index contributed by atoms with van der Waals surface area (Å²) in [4.78, 5) is 36.1. The van der Waals surface area contributed by atoms with E-state index < -0.39 is 23.9 Å². The fourth-order valence-electron chi connectivity index (χ4n) is 2.50. The van der Waals surface area contributed by atoms with E-state index in [0.717, 1.165) is 5.69 Å². The molecule has 1 aliphatic rings. The number of hydrogen-bond donors (Lipinski definition) is 2. The highest BCUT2D eigenvalue weighted by atomic mass is 16.5. The lowest BCUT2D eigenvalue weighted by molar-refractivity contribution is -0.146. The Hall–Kier alpha value is -2.77. The highest BCUT2D eigenvalue weighted by Gasteiger charge is 2.24. The predicted octanol–water partition coefficient (Wildman–Crippen LogP) is 1.50. The molecule has 2 rings (SSSR count). The molecule has 0 bridgehead atoms. The van der Waals surface area contributed by atoms with E-state index in [9.17, 15) is 14.4 Å². The minimum atomic E-state index is -0.929. The summed E-state index contributed by atoms with van der Waals surface area (Å²) in [5, 5.41) is 5.79. The van der Waals surface area contributed by atoms with Gasteiger partial charge in [-0.15, -0.1) is 0 Å². The molecule has 8 nitrogen and oxygen atoms in total. The van der Waals surface area contributed by atoms with Gasteiger partial charge in [0, 0.05) is 18.5 Å². The molecule has 1 aromatic carbocycles. The molecule has 0 spiro atoms. The molecule has 1 aliphatic heterocycles. The van der Waals surface area contributed by atoms with E-state index in [2.05, 4.69) is 10.6 Å². The molecule has 1 heterocycles. The van der Waals surface area contributed by atoms with Crippen LogP contribution >= 0.6 is 0 Å². The highest BCUT2D eigenvalue weighted by Crippen LogP contribution is 2.28. The highest BCUT2D eigenvalue weighted by molar-refractivity contribution is 5.97. The minimum Gasteiger partial charge on any atom is -0.490 e. The van der Waals surface area contributed by atoms with Crippen LogP contribution in [0.5, 0.6) is 5.75 Å². The summed E-state index contributed by atoms with van der Waals surface area (Å²) in [7, 11) is 0. The molecule has 0 saturated heterocycles. The van der Waals surface area contributed by atoms with Crippen LogP contribution < -0.4 is 15.4 Å². The van der Waals surface area contributed by atoms with Crippen LogP contribution in [-0.4, -0.2) is 50.3 Å². The van der Waals surface area contributed by atoms with Gasteiger partial charge in [0.25, 0.3) is 5.91 Å². The molecule has 0 aromatic heterocycles. The number of ether oxygens (including phenoxy) is 3. The zero-order valence-electron chi connectivity index (χ0n) is 15.0. The number of nitrogens with one attached hydrogen (secondary N) is 2. The first kappa shape index (κ1) is 19.6. The van der Waals surface area contributed by atoms with Crippen molar-refractivity contribution in [3.8, 4) is 5.75 Å². The van der Waals surface area contributed by atoms with Crippen molar-refractivity contribution in [3.05, 3.63) is 23.8 Å². The van der Waals surface area contributed by atoms with Gasteiger partial charge in [0.05, 0.1) is 18.9 Å². The van der Waals surface area contributed by atoms with Crippen LogP contribution in [-0.2, 0) is 19.1 Å². The third-order valence-electron chi connectivity index (χ3n) is 3.74. The molecule has 0 aliphatic carbocycles. The Kier molecular flexibility index (Phi) is 7.25. The van der Waals surface area contributed by atoms with Gasteiger partial charge in [-0.25, -0.2) is 4.79 Å². The van der Waals surface area contributed by atoms with Gasteiger partial charge in [0.15, 0.2) is 0 Å². The van der Waals surface area contributed by atoms with Crippen molar-refractivity contribution in [2.24, 2.45) is 0 Å². The fraction of sp³-hybridized carbons (Fsp3) is 0.500. The third kappa shape index (κ3) is 5.37. The second-order valence-corrected chi connectivity index (χ2v) is 5.61. The number of carbonyl (C=O) groups excluding carboxylic acids is 3. The molecule has 2 N–H and O–H groups in total. The van der Waals surface area contributed by atoms with Crippen molar-refractivity contribution in [2.45, 2.75) is 32.7 Å². The van der Waals surface area contributed by atoms with Crippen LogP contribution in [0.3, 0.4) is 0 Å². The number of hydrogen-bond acceptors (Lipinski definition) is 7. The Morgan fingerprint density at radius 1 is 1.23 bits per heavy atom. The van der Waals surface area contributed by atoms with Crippen LogP contribution in [0.25, 0.3) is 0 Å². The Balaban J connectivity index is 2.04. The molecular weight excluding hydrogens is 340 g/mol. The summed E-state index contributed by atoms with van der Waals surface area (Å²) < 4.78 is 15.4. The van der Waals surface area contributed by atoms with Crippen molar-refractivity contribution in [1.29, 1.82) is 0 Å². The number of fused-ring (bicyclic) bond motifs is 1. The average molecular weight is 364 g/mol. The molecule has 0 unspecified atom stereocenters. The Bertz CT molecular complexity index is 661. The first-order chi connectivity index (χ1) is 12.5. The zero-order valence-corrected chi connectivity index (χ0v) is 15.0. The van der Waals surface area contributed by atoms with E-state index in [1.54, 1.807) is 32.0 Å². The lowest BCUT2D eigenvalue weighted by Gasteiger charge is -2.20. The molecule has 0 radical (unpaired) electrons. The lowest BCUT2D eigenvalue weighted by atomic mass is 10.1. The van der Waals surface area contributed by atoms with Gasteiger partial charge < -0.3 is 24.8 Å². The van der Waals surface area contributed by atoms with Crippen molar-refractivity contribution < 1.29 is 28.6 Å². The van der Waals surface area contributed by atoms with E-state index in [0.29, 0.717) is 24.5 Å². The normalized spacial score (nSPS) is 13.5. The van der Waals surface area contributed by atoms with E-state index >= 15 is 0 Å². The molecule has 1 aromatic rings. The Labute approximate surface area is 152 Å². The number of benzene rings is 1. The summed E-state index contributed by atoms with van der Waals surface area (Å²) in [5.41, 5.74) is 1.18. The van der Waals surface area contributed by atoms with Crippen molar-refractivity contribution in [2.75, 3.05) is 31.7 Å². The van der Waals surface area contributed by atoms with Crippen LogP contribution in [0.1, 0.15) is 37.0 Å². The predicted molar refractivity (Wildman–Crippen MR) is 94.2 cm³/mol. The van der Waals surface area contributed by atoms with Crippen molar-refractivity contribution in [3.63, 3.8) is 0 Å². The van der Waals surface area contributed by atoms with Gasteiger partial charge in [0.1, 0.15) is 18.4 Å². The van der Waals surface area contributed by atoms with Gasteiger partial charge in [-0.3, -0.25) is 9.59 Å². The van der Waals surface area contributed by atoms with Gasteiger partial charge in [-0.1, -0.05) is 0 Å².